The highest BCUT2D eigenvalue weighted by molar-refractivity contribution is 6.01. The largest absolute Gasteiger partial charge is 0.323 e. The minimum atomic E-state index is -0.110. The lowest BCUT2D eigenvalue weighted by Crippen LogP contribution is -2.07. The number of nitrogens with one attached hydrogen (secondary N) is 1. The van der Waals surface area contributed by atoms with Crippen LogP contribution < -0.4 is 5.32 Å². The predicted molar refractivity (Wildman–Crippen MR) is 94.0 cm³/mol. The Morgan fingerprint density at radius 1 is 1.14 bits per heavy atom. The molecule has 0 bridgehead atoms. The molecular formula is C20H23NO. The second-order valence-electron chi connectivity index (χ2n) is 5.70. The van der Waals surface area contributed by atoms with Crippen molar-refractivity contribution in [1.29, 1.82) is 0 Å². The van der Waals surface area contributed by atoms with Crippen LogP contribution in [0.2, 0.25) is 0 Å². The van der Waals surface area contributed by atoms with Gasteiger partial charge in [-0.2, -0.15) is 0 Å². The smallest absolute Gasteiger partial charge is 0.248 e. The summed E-state index contributed by atoms with van der Waals surface area (Å²) in [5.41, 5.74) is 4.38. The molecule has 114 valence electrons. The average molecular weight is 293 g/mol. The molecule has 2 aromatic carbocycles. The van der Waals surface area contributed by atoms with Crippen LogP contribution in [-0.2, 0) is 11.2 Å². The Bertz CT molecular complexity index is 654. The molecule has 1 N–H and O–H groups in total. The number of carbonyl (C=O) groups excluding carboxylic acids is 1. The maximum Gasteiger partial charge on any atom is 0.248 e. The molecule has 2 aromatic rings. The highest BCUT2D eigenvalue weighted by Gasteiger charge is 2.00. The summed E-state index contributed by atoms with van der Waals surface area (Å²) in [6, 6.07) is 16.2. The first-order valence-corrected chi connectivity index (χ1v) is 7.76. The van der Waals surface area contributed by atoms with E-state index in [9.17, 15) is 4.79 Å². The first-order valence-electron chi connectivity index (χ1n) is 7.76. The van der Waals surface area contributed by atoms with Gasteiger partial charge in [-0.05, 0) is 47.2 Å². The molecular weight excluding hydrogens is 270 g/mol. The van der Waals surface area contributed by atoms with Gasteiger partial charge in [0, 0.05) is 11.8 Å². The van der Waals surface area contributed by atoms with Crippen LogP contribution in [0.1, 0.15) is 43.4 Å². The van der Waals surface area contributed by atoms with E-state index in [-0.39, 0.29) is 5.91 Å². The fourth-order valence-electron chi connectivity index (χ4n) is 2.22. The number of carbonyl (C=O) groups is 1. The summed E-state index contributed by atoms with van der Waals surface area (Å²) in [4.78, 5) is 12.0. The van der Waals surface area contributed by atoms with E-state index in [0.717, 1.165) is 17.7 Å². The molecule has 0 radical (unpaired) electrons. The predicted octanol–water partition coefficient (Wildman–Crippen LogP) is 5.02. The molecule has 0 atom stereocenters. The van der Waals surface area contributed by atoms with Gasteiger partial charge in [0.2, 0.25) is 5.91 Å². The van der Waals surface area contributed by atoms with Crippen molar-refractivity contribution in [3.8, 4) is 0 Å². The first kappa shape index (κ1) is 16.0. The summed E-state index contributed by atoms with van der Waals surface area (Å²) < 4.78 is 0. The highest BCUT2D eigenvalue weighted by Crippen LogP contribution is 2.15. The fraction of sp³-hybridized carbons (Fsp3) is 0.250. The maximum atomic E-state index is 12.0. The van der Waals surface area contributed by atoms with E-state index in [0.29, 0.717) is 5.92 Å². The van der Waals surface area contributed by atoms with Gasteiger partial charge >= 0.3 is 0 Å². The molecule has 0 saturated heterocycles. The van der Waals surface area contributed by atoms with Crippen LogP contribution >= 0.6 is 0 Å². The minimum Gasteiger partial charge on any atom is -0.323 e. The van der Waals surface area contributed by atoms with Crippen LogP contribution in [-0.4, -0.2) is 5.91 Å². The lowest BCUT2D eigenvalue weighted by molar-refractivity contribution is -0.111. The zero-order chi connectivity index (χ0) is 15.9. The second-order valence-corrected chi connectivity index (χ2v) is 5.70. The summed E-state index contributed by atoms with van der Waals surface area (Å²) in [7, 11) is 0. The Kier molecular flexibility index (Phi) is 5.54. The van der Waals surface area contributed by atoms with Crippen LogP contribution in [0.3, 0.4) is 0 Å². The molecule has 0 saturated carbocycles. The van der Waals surface area contributed by atoms with Gasteiger partial charge < -0.3 is 5.32 Å². The molecule has 0 unspecified atom stereocenters. The first-order chi connectivity index (χ1) is 10.6. The van der Waals surface area contributed by atoms with E-state index in [1.54, 1.807) is 6.08 Å². The maximum absolute atomic E-state index is 12.0. The van der Waals surface area contributed by atoms with Gasteiger partial charge in [0.1, 0.15) is 0 Å². The number of hydrogen-bond acceptors (Lipinski definition) is 1. The Hall–Kier alpha value is -2.35. The van der Waals surface area contributed by atoms with Gasteiger partial charge in [-0.3, -0.25) is 4.79 Å². The Labute approximate surface area is 132 Å². The van der Waals surface area contributed by atoms with E-state index in [1.165, 1.54) is 11.1 Å². The molecule has 2 nitrogen and oxygen atoms in total. The number of aryl methyl sites for hydroxylation is 1. The number of benzene rings is 2. The fourth-order valence-corrected chi connectivity index (χ4v) is 2.22. The van der Waals surface area contributed by atoms with Gasteiger partial charge in [-0.25, -0.2) is 0 Å². The lowest BCUT2D eigenvalue weighted by atomic mass is 10.0. The van der Waals surface area contributed by atoms with Crippen molar-refractivity contribution >= 4 is 17.7 Å². The van der Waals surface area contributed by atoms with Crippen LogP contribution in [0.5, 0.6) is 0 Å². The van der Waals surface area contributed by atoms with Crippen LogP contribution in [0.4, 0.5) is 5.69 Å². The van der Waals surface area contributed by atoms with Crippen LogP contribution in [0.25, 0.3) is 6.08 Å². The van der Waals surface area contributed by atoms with E-state index < -0.39 is 0 Å². The normalized spacial score (nSPS) is 11.1. The average Bonchev–Trinajstić information content (AvgIpc) is 2.53. The van der Waals surface area contributed by atoms with Gasteiger partial charge in [0.25, 0.3) is 0 Å². The second kappa shape index (κ2) is 7.60. The zero-order valence-corrected chi connectivity index (χ0v) is 13.5. The summed E-state index contributed by atoms with van der Waals surface area (Å²) in [6.45, 7) is 6.44. The topological polar surface area (TPSA) is 29.1 Å². The van der Waals surface area contributed by atoms with E-state index >= 15 is 0 Å². The van der Waals surface area contributed by atoms with Gasteiger partial charge in [0.15, 0.2) is 0 Å². The third-order valence-electron chi connectivity index (χ3n) is 3.63. The molecule has 2 rings (SSSR count). The molecule has 0 spiro atoms. The quantitative estimate of drug-likeness (QED) is 0.770. The Morgan fingerprint density at radius 2 is 1.86 bits per heavy atom. The van der Waals surface area contributed by atoms with Crippen molar-refractivity contribution in [1.82, 2.24) is 0 Å². The van der Waals surface area contributed by atoms with Crippen molar-refractivity contribution in [2.75, 3.05) is 5.32 Å². The van der Waals surface area contributed by atoms with E-state index in [4.69, 9.17) is 0 Å². The molecule has 0 heterocycles. The van der Waals surface area contributed by atoms with Gasteiger partial charge in [-0.15, -0.1) is 0 Å². The summed E-state index contributed by atoms with van der Waals surface area (Å²) in [6.07, 6.45) is 4.37. The number of amides is 1. The standard InChI is InChI=1S/C20H23NO/c1-4-16-6-5-7-19(14-16)21-20(22)13-10-17-8-11-18(12-9-17)15(2)3/h5-15H,4H2,1-3H3,(H,21,22)/b13-10+. The molecule has 0 aromatic heterocycles. The Morgan fingerprint density at radius 3 is 2.50 bits per heavy atom. The van der Waals surface area contributed by atoms with Crippen molar-refractivity contribution in [2.45, 2.75) is 33.1 Å². The molecule has 0 fully saturated rings. The third-order valence-corrected chi connectivity index (χ3v) is 3.63. The summed E-state index contributed by atoms with van der Waals surface area (Å²) >= 11 is 0. The minimum absolute atomic E-state index is 0.110. The molecule has 0 aliphatic carbocycles. The SMILES string of the molecule is CCc1cccc(NC(=O)/C=C/c2ccc(C(C)C)cc2)c1. The van der Waals surface area contributed by atoms with Crippen molar-refractivity contribution < 1.29 is 4.79 Å². The van der Waals surface area contributed by atoms with Crippen molar-refractivity contribution in [2.24, 2.45) is 0 Å². The van der Waals surface area contributed by atoms with Crippen molar-refractivity contribution in [3.63, 3.8) is 0 Å². The molecule has 2 heteroatoms. The van der Waals surface area contributed by atoms with Crippen LogP contribution in [0.15, 0.2) is 54.6 Å². The van der Waals surface area contributed by atoms with E-state index in [1.807, 2.05) is 36.4 Å². The molecule has 1 amide bonds. The number of rotatable bonds is 5. The number of anilines is 1. The van der Waals surface area contributed by atoms with Crippen LogP contribution in [0, 0.1) is 0 Å². The highest BCUT2D eigenvalue weighted by atomic mass is 16.1. The monoisotopic (exact) mass is 293 g/mol. The number of hydrogen-bond donors (Lipinski definition) is 1. The van der Waals surface area contributed by atoms with Gasteiger partial charge in [0.05, 0.1) is 0 Å². The molecule has 0 aliphatic heterocycles. The summed E-state index contributed by atoms with van der Waals surface area (Å²) in [5.74, 6) is 0.411. The third kappa shape index (κ3) is 4.59. The zero-order valence-electron chi connectivity index (χ0n) is 13.5. The van der Waals surface area contributed by atoms with Gasteiger partial charge in [-0.1, -0.05) is 57.2 Å². The molecule has 22 heavy (non-hydrogen) atoms. The van der Waals surface area contributed by atoms with E-state index in [2.05, 4.69) is 44.3 Å². The van der Waals surface area contributed by atoms with Crippen molar-refractivity contribution in [3.05, 3.63) is 71.3 Å². The lowest BCUT2D eigenvalue weighted by Gasteiger charge is -2.05. The molecule has 0 aliphatic rings. The summed E-state index contributed by atoms with van der Waals surface area (Å²) in [5, 5.41) is 2.89. The Balaban J connectivity index is 1.98.